The molecular weight excluding hydrogens is 486 g/mol. The van der Waals surface area contributed by atoms with Crippen LogP contribution in [0, 0.1) is 13.8 Å². The van der Waals surface area contributed by atoms with Crippen LogP contribution < -0.4 is 10.6 Å². The normalized spacial score (nSPS) is 13.9. The maximum atomic E-state index is 14.4. The predicted molar refractivity (Wildman–Crippen MR) is 154 cm³/mol. The van der Waals surface area contributed by atoms with E-state index in [1.165, 1.54) is 0 Å². The first-order valence-electron chi connectivity index (χ1n) is 13.0. The molecule has 0 fully saturated rings. The van der Waals surface area contributed by atoms with Gasteiger partial charge in [0.25, 0.3) is 0 Å². The van der Waals surface area contributed by atoms with Crippen LogP contribution in [0.1, 0.15) is 97.9 Å². The molecule has 0 spiro atoms. The average Bonchev–Trinajstić information content (AvgIpc) is 2.73. The van der Waals surface area contributed by atoms with E-state index >= 15 is 0 Å². The van der Waals surface area contributed by atoms with Crippen LogP contribution in [0.4, 0.5) is 4.79 Å². The zero-order chi connectivity index (χ0) is 28.8. The van der Waals surface area contributed by atoms with E-state index in [-0.39, 0.29) is 11.8 Å². The number of hydrogen-bond donors (Lipinski definition) is 2. The highest BCUT2D eigenvalue weighted by atomic mass is 32.2. The Balaban J connectivity index is 3.70. The van der Waals surface area contributed by atoms with Crippen molar-refractivity contribution >= 4 is 29.7 Å². The van der Waals surface area contributed by atoms with Crippen LogP contribution in [0.2, 0.25) is 0 Å². The zero-order valence-electron chi connectivity index (χ0n) is 25.0. The summed E-state index contributed by atoms with van der Waals surface area (Å²) in [7, 11) is 0. The van der Waals surface area contributed by atoms with Crippen LogP contribution in [-0.4, -0.2) is 57.5 Å². The molecule has 2 unspecified atom stereocenters. The van der Waals surface area contributed by atoms with Crippen LogP contribution in [0.15, 0.2) is 18.2 Å². The number of rotatable bonds is 10. The summed E-state index contributed by atoms with van der Waals surface area (Å²) in [5, 5.41) is 5.89. The molecule has 8 heteroatoms. The lowest BCUT2D eigenvalue weighted by molar-refractivity contribution is -0.150. The Bertz CT molecular complexity index is 947. The van der Waals surface area contributed by atoms with Crippen LogP contribution in [-0.2, 0) is 14.3 Å². The van der Waals surface area contributed by atoms with Crippen LogP contribution in [0.3, 0.4) is 0 Å². The van der Waals surface area contributed by atoms with E-state index < -0.39 is 34.9 Å². The first kappa shape index (κ1) is 32.8. The van der Waals surface area contributed by atoms with Crippen molar-refractivity contribution in [3.8, 4) is 0 Å². The van der Waals surface area contributed by atoms with E-state index in [0.29, 0.717) is 18.6 Å². The molecule has 1 aromatic rings. The lowest BCUT2D eigenvalue weighted by Crippen LogP contribution is -2.60. The van der Waals surface area contributed by atoms with Crippen molar-refractivity contribution in [1.82, 2.24) is 15.5 Å². The first-order chi connectivity index (χ1) is 16.8. The van der Waals surface area contributed by atoms with Crippen molar-refractivity contribution in [2.75, 3.05) is 12.0 Å². The number of nitrogens with zero attached hydrogens (tertiary/aromatic N) is 1. The molecule has 7 nitrogen and oxygen atoms in total. The molecule has 0 bridgehead atoms. The smallest absolute Gasteiger partial charge is 0.408 e. The standard InChI is InChI=1S/C29H49N3O4S/c1-13-29(10,11)32(25(34)22(16-17-37-12)30-26(35)36-28(7,8)9)23(24(33)31-27(4,5)6)21-15-14-19(2)20(3)18-21/h14-15,18,22-23H,13,16-17H2,1-12H3,(H,30,35)(H,31,33). The molecule has 3 amide bonds. The summed E-state index contributed by atoms with van der Waals surface area (Å²) < 4.78 is 5.47. The number of carbonyl (C=O) groups is 3. The molecule has 0 aliphatic rings. The third kappa shape index (κ3) is 10.2. The summed E-state index contributed by atoms with van der Waals surface area (Å²) in [6, 6.07) is 4.16. The molecule has 0 heterocycles. The molecular formula is C29H49N3O4S. The molecule has 2 N–H and O–H groups in total. The monoisotopic (exact) mass is 535 g/mol. The van der Waals surface area contributed by atoms with Gasteiger partial charge in [-0.2, -0.15) is 11.8 Å². The van der Waals surface area contributed by atoms with Crippen molar-refractivity contribution in [2.24, 2.45) is 0 Å². The minimum absolute atomic E-state index is 0.258. The lowest BCUT2D eigenvalue weighted by atomic mass is 9.90. The van der Waals surface area contributed by atoms with Crippen LogP contribution in [0.5, 0.6) is 0 Å². The van der Waals surface area contributed by atoms with Gasteiger partial charge >= 0.3 is 6.09 Å². The van der Waals surface area contributed by atoms with Crippen molar-refractivity contribution in [3.63, 3.8) is 0 Å². The highest BCUT2D eigenvalue weighted by Crippen LogP contribution is 2.33. The number of carbonyl (C=O) groups excluding carboxylic acids is 3. The molecule has 0 saturated heterocycles. The van der Waals surface area contributed by atoms with Gasteiger partial charge < -0.3 is 20.3 Å². The topological polar surface area (TPSA) is 87.7 Å². The minimum atomic E-state index is -0.877. The Labute approximate surface area is 228 Å². The Morgan fingerprint density at radius 2 is 1.59 bits per heavy atom. The van der Waals surface area contributed by atoms with Crippen molar-refractivity contribution in [1.29, 1.82) is 0 Å². The maximum absolute atomic E-state index is 14.4. The first-order valence-corrected chi connectivity index (χ1v) is 14.4. The number of nitrogens with one attached hydrogen (secondary N) is 2. The molecule has 2 atom stereocenters. The van der Waals surface area contributed by atoms with Crippen LogP contribution in [0.25, 0.3) is 0 Å². The van der Waals surface area contributed by atoms with E-state index in [2.05, 4.69) is 10.6 Å². The van der Waals surface area contributed by atoms with Gasteiger partial charge in [-0.15, -0.1) is 0 Å². The number of amides is 3. The molecule has 210 valence electrons. The highest BCUT2D eigenvalue weighted by molar-refractivity contribution is 7.98. The van der Waals surface area contributed by atoms with Gasteiger partial charge in [-0.05, 0) is 111 Å². The van der Waals surface area contributed by atoms with E-state index in [1.54, 1.807) is 37.4 Å². The van der Waals surface area contributed by atoms with Gasteiger partial charge in [0.2, 0.25) is 11.8 Å². The Hall–Kier alpha value is -2.22. The average molecular weight is 536 g/mol. The SMILES string of the molecule is CCC(C)(C)N(C(=O)C(CCSC)NC(=O)OC(C)(C)C)C(C(=O)NC(C)(C)C)c1ccc(C)c(C)c1. The number of benzene rings is 1. The van der Waals surface area contributed by atoms with Crippen LogP contribution >= 0.6 is 11.8 Å². The van der Waals surface area contributed by atoms with Gasteiger partial charge in [-0.25, -0.2) is 4.79 Å². The van der Waals surface area contributed by atoms with Gasteiger partial charge in [0.15, 0.2) is 0 Å². The van der Waals surface area contributed by atoms with Crippen molar-refractivity contribution < 1.29 is 19.1 Å². The third-order valence-corrected chi connectivity index (χ3v) is 6.85. The fourth-order valence-corrected chi connectivity index (χ4v) is 4.32. The second-order valence-electron chi connectivity index (χ2n) is 12.3. The highest BCUT2D eigenvalue weighted by Gasteiger charge is 2.43. The summed E-state index contributed by atoms with van der Waals surface area (Å²) in [4.78, 5) is 42.6. The molecule has 0 aromatic heterocycles. The Kier molecular flexibility index (Phi) is 11.6. The fraction of sp³-hybridized carbons (Fsp3) is 0.690. The van der Waals surface area contributed by atoms with E-state index in [1.807, 2.05) is 79.8 Å². The van der Waals surface area contributed by atoms with Gasteiger partial charge in [0, 0.05) is 11.1 Å². The quantitative estimate of drug-likeness (QED) is 0.388. The number of alkyl carbamates (subject to hydrolysis) is 1. The number of aryl methyl sites for hydroxylation is 2. The van der Waals surface area contributed by atoms with Crippen molar-refractivity contribution in [3.05, 3.63) is 34.9 Å². The number of thioether (sulfide) groups is 1. The van der Waals surface area contributed by atoms with Gasteiger partial charge in [-0.3, -0.25) is 9.59 Å². The lowest BCUT2D eigenvalue weighted by Gasteiger charge is -2.45. The second-order valence-corrected chi connectivity index (χ2v) is 13.3. The third-order valence-electron chi connectivity index (χ3n) is 6.21. The fourth-order valence-electron chi connectivity index (χ4n) is 3.85. The summed E-state index contributed by atoms with van der Waals surface area (Å²) in [5.74, 6) is 0.0975. The Morgan fingerprint density at radius 1 is 1.00 bits per heavy atom. The van der Waals surface area contributed by atoms with Gasteiger partial charge in [-0.1, -0.05) is 25.1 Å². The summed E-state index contributed by atoms with van der Waals surface area (Å²) in [5.41, 5.74) is 1.01. The summed E-state index contributed by atoms with van der Waals surface area (Å²) >= 11 is 1.59. The number of hydrogen-bond acceptors (Lipinski definition) is 5. The van der Waals surface area contributed by atoms with Crippen molar-refractivity contribution in [2.45, 2.75) is 118 Å². The van der Waals surface area contributed by atoms with E-state index in [4.69, 9.17) is 4.74 Å². The molecule has 0 aliphatic heterocycles. The minimum Gasteiger partial charge on any atom is -0.444 e. The van der Waals surface area contributed by atoms with E-state index in [9.17, 15) is 14.4 Å². The van der Waals surface area contributed by atoms with E-state index in [0.717, 1.165) is 16.7 Å². The maximum Gasteiger partial charge on any atom is 0.408 e. The Morgan fingerprint density at radius 3 is 2.05 bits per heavy atom. The largest absolute Gasteiger partial charge is 0.444 e. The molecule has 0 saturated carbocycles. The molecule has 1 aromatic carbocycles. The number of ether oxygens (including phenoxy) is 1. The molecule has 0 radical (unpaired) electrons. The second kappa shape index (κ2) is 13.0. The predicted octanol–water partition coefficient (Wildman–Crippen LogP) is 5.92. The van der Waals surface area contributed by atoms with Gasteiger partial charge in [0.1, 0.15) is 17.7 Å². The molecule has 0 aliphatic carbocycles. The summed E-state index contributed by atoms with van der Waals surface area (Å²) in [6.45, 7) is 21.0. The molecule has 37 heavy (non-hydrogen) atoms. The zero-order valence-corrected chi connectivity index (χ0v) is 25.8. The van der Waals surface area contributed by atoms with Gasteiger partial charge in [0.05, 0.1) is 0 Å². The molecule has 1 rings (SSSR count). The summed E-state index contributed by atoms with van der Waals surface area (Å²) in [6.07, 6.45) is 2.33.